The van der Waals surface area contributed by atoms with Crippen LogP contribution in [0.5, 0.6) is 0 Å². The number of ether oxygens (including phenoxy) is 2. The number of halogens is 3. The van der Waals surface area contributed by atoms with Crippen LogP contribution in [0.2, 0.25) is 0 Å². The topological polar surface area (TPSA) is 140 Å². The van der Waals surface area contributed by atoms with E-state index < -0.39 is 45.4 Å². The van der Waals surface area contributed by atoms with E-state index in [1.165, 1.54) is 31.0 Å². The van der Waals surface area contributed by atoms with Crippen molar-refractivity contribution in [3.63, 3.8) is 0 Å². The summed E-state index contributed by atoms with van der Waals surface area (Å²) in [5.41, 5.74) is 9.37. The molecular formula is C27H33Cl3N4O6S. The number of ketones is 1. The molecule has 0 saturated carbocycles. The minimum atomic E-state index is -2.12. The van der Waals surface area contributed by atoms with Gasteiger partial charge in [0.15, 0.2) is 11.3 Å². The molecule has 0 fully saturated rings. The SMILES string of the molecule is COC(=O)C(N)(CCSC)C(=O)c1ccc(N(CC(=O)NNC(=O)OC(C)(C)C)C(Cl)(Cl)Cl)cc1-c1ccccc1. The van der Waals surface area contributed by atoms with Gasteiger partial charge in [-0.15, -0.1) is 0 Å². The molecule has 0 aliphatic carbocycles. The number of hydrogen-bond acceptors (Lipinski definition) is 9. The Kier molecular flexibility index (Phi) is 12.2. The maximum atomic E-state index is 13.8. The van der Waals surface area contributed by atoms with Crippen molar-refractivity contribution in [2.24, 2.45) is 5.73 Å². The molecule has 2 aromatic rings. The normalized spacial score (nSPS) is 13.0. The van der Waals surface area contributed by atoms with Crippen LogP contribution >= 0.6 is 46.6 Å². The Morgan fingerprint density at radius 1 is 1.00 bits per heavy atom. The molecule has 1 unspecified atom stereocenters. The molecule has 2 amide bonds. The van der Waals surface area contributed by atoms with Crippen LogP contribution in [0.3, 0.4) is 0 Å². The lowest BCUT2D eigenvalue weighted by molar-refractivity contribution is -0.145. The summed E-state index contributed by atoms with van der Waals surface area (Å²) in [5.74, 6) is -1.81. The molecule has 4 N–H and O–H groups in total. The Morgan fingerprint density at radius 2 is 1.63 bits per heavy atom. The third kappa shape index (κ3) is 9.68. The van der Waals surface area contributed by atoms with Gasteiger partial charge in [0.1, 0.15) is 12.1 Å². The summed E-state index contributed by atoms with van der Waals surface area (Å²) in [6.45, 7) is 4.49. The highest BCUT2D eigenvalue weighted by atomic mass is 35.6. The first-order chi connectivity index (χ1) is 19.0. The minimum absolute atomic E-state index is 0.0424. The lowest BCUT2D eigenvalue weighted by Crippen LogP contribution is -2.56. The van der Waals surface area contributed by atoms with Gasteiger partial charge in [-0.2, -0.15) is 11.8 Å². The van der Waals surface area contributed by atoms with Crippen LogP contribution in [-0.4, -0.2) is 64.5 Å². The Morgan fingerprint density at radius 3 is 2.17 bits per heavy atom. The number of thioether (sulfide) groups is 1. The van der Waals surface area contributed by atoms with Gasteiger partial charge < -0.3 is 20.1 Å². The largest absolute Gasteiger partial charge is 0.467 e. The molecule has 0 saturated heterocycles. The number of hydrazine groups is 1. The average molecular weight is 648 g/mol. The molecule has 2 rings (SSSR count). The van der Waals surface area contributed by atoms with Crippen LogP contribution in [-0.2, 0) is 19.1 Å². The minimum Gasteiger partial charge on any atom is -0.467 e. The summed E-state index contributed by atoms with van der Waals surface area (Å²) < 4.78 is 7.85. The molecule has 41 heavy (non-hydrogen) atoms. The van der Waals surface area contributed by atoms with E-state index >= 15 is 0 Å². The summed E-state index contributed by atoms with van der Waals surface area (Å²) >= 11 is 20.1. The Hall–Kier alpha value is -2.70. The quantitative estimate of drug-likeness (QED) is 0.0825. The molecule has 0 aromatic heterocycles. The molecular weight excluding hydrogens is 615 g/mol. The van der Waals surface area contributed by atoms with Gasteiger partial charge in [0, 0.05) is 11.3 Å². The number of Topliss-reactive ketones (excluding diaryl/α,β-unsaturated/α-hetero) is 1. The summed E-state index contributed by atoms with van der Waals surface area (Å²) in [6.07, 6.45) is 0.996. The zero-order valence-corrected chi connectivity index (χ0v) is 26.3. The summed E-state index contributed by atoms with van der Waals surface area (Å²) in [6, 6.07) is 13.3. The van der Waals surface area contributed by atoms with Crippen molar-refractivity contribution in [3.8, 4) is 11.1 Å². The van der Waals surface area contributed by atoms with E-state index in [-0.39, 0.29) is 17.7 Å². The third-order valence-corrected chi connectivity index (χ3v) is 6.83. The molecule has 1 atom stereocenters. The smallest absolute Gasteiger partial charge is 0.426 e. The van der Waals surface area contributed by atoms with Crippen LogP contribution in [0.4, 0.5) is 10.5 Å². The second-order valence-corrected chi connectivity index (χ2v) is 13.1. The van der Waals surface area contributed by atoms with E-state index in [9.17, 15) is 19.2 Å². The van der Waals surface area contributed by atoms with Crippen LogP contribution in [0.1, 0.15) is 37.6 Å². The van der Waals surface area contributed by atoms with E-state index in [4.69, 9.17) is 50.0 Å². The number of anilines is 1. The standard InChI is InChI=1S/C27H33Cl3N4O6S/c1-25(2,3)40-24(38)33-32-21(35)16-34(27(28,29)30)18-11-12-19(20(15-18)17-9-7-6-8-10-17)22(36)26(31,13-14-41-5)23(37)39-4/h6-12,15H,13-14,16,31H2,1-5H3,(H,32,35)(H,33,38). The number of esters is 1. The van der Waals surface area contributed by atoms with Crippen molar-refractivity contribution in [1.82, 2.24) is 10.9 Å². The van der Waals surface area contributed by atoms with E-state index in [2.05, 4.69) is 10.9 Å². The average Bonchev–Trinajstić information content (AvgIpc) is 2.91. The predicted octanol–water partition coefficient (Wildman–Crippen LogP) is 4.85. The molecule has 0 aliphatic heterocycles. The molecule has 0 bridgehead atoms. The zero-order valence-electron chi connectivity index (χ0n) is 23.3. The second-order valence-electron chi connectivity index (χ2n) is 9.86. The van der Waals surface area contributed by atoms with Crippen molar-refractivity contribution < 1.29 is 28.7 Å². The van der Waals surface area contributed by atoms with Gasteiger partial charge in [0.2, 0.25) is 0 Å². The molecule has 0 heterocycles. The number of methoxy groups -OCH3 is 1. The van der Waals surface area contributed by atoms with Crippen molar-refractivity contribution in [1.29, 1.82) is 0 Å². The highest BCUT2D eigenvalue weighted by molar-refractivity contribution is 7.98. The summed E-state index contributed by atoms with van der Waals surface area (Å²) in [5, 5.41) is 0. The number of hydrogen-bond donors (Lipinski definition) is 3. The number of nitrogens with one attached hydrogen (secondary N) is 2. The van der Waals surface area contributed by atoms with E-state index in [1.54, 1.807) is 57.2 Å². The zero-order chi connectivity index (χ0) is 31.0. The third-order valence-electron chi connectivity index (χ3n) is 5.61. The van der Waals surface area contributed by atoms with Crippen molar-refractivity contribution in [2.75, 3.05) is 30.6 Å². The first-order valence-electron chi connectivity index (χ1n) is 12.3. The number of nitrogens with zero attached hydrogens (tertiary/aromatic N) is 1. The van der Waals surface area contributed by atoms with E-state index in [0.717, 1.165) is 4.90 Å². The van der Waals surface area contributed by atoms with Crippen LogP contribution in [0, 0.1) is 0 Å². The molecule has 0 aliphatic rings. The number of benzene rings is 2. The summed E-state index contributed by atoms with van der Waals surface area (Å²) in [7, 11) is 1.17. The van der Waals surface area contributed by atoms with E-state index in [0.29, 0.717) is 16.9 Å². The van der Waals surface area contributed by atoms with E-state index in [1.807, 2.05) is 6.26 Å². The fraction of sp³-hybridized carbons (Fsp3) is 0.407. The van der Waals surface area contributed by atoms with Gasteiger partial charge >= 0.3 is 12.1 Å². The number of carbonyl (C=O) groups excluding carboxylic acids is 4. The fourth-order valence-corrected chi connectivity index (χ4v) is 4.68. The fourth-order valence-electron chi connectivity index (χ4n) is 3.68. The van der Waals surface area contributed by atoms with Gasteiger partial charge in [0.25, 0.3) is 9.82 Å². The first kappa shape index (κ1) is 34.5. The first-order valence-corrected chi connectivity index (χ1v) is 14.8. The monoisotopic (exact) mass is 646 g/mol. The Labute approximate surface area is 258 Å². The van der Waals surface area contributed by atoms with Gasteiger partial charge in [-0.1, -0.05) is 65.1 Å². The van der Waals surface area contributed by atoms with Gasteiger partial charge in [-0.3, -0.25) is 15.0 Å². The summed E-state index contributed by atoms with van der Waals surface area (Å²) in [4.78, 5) is 52.3. The lowest BCUT2D eigenvalue weighted by Gasteiger charge is -2.32. The highest BCUT2D eigenvalue weighted by Gasteiger charge is 2.44. The Balaban J connectivity index is 2.52. The predicted molar refractivity (Wildman–Crippen MR) is 163 cm³/mol. The van der Waals surface area contributed by atoms with Gasteiger partial charge in [0.05, 0.1) is 7.11 Å². The maximum absolute atomic E-state index is 13.8. The van der Waals surface area contributed by atoms with Crippen LogP contribution in [0.25, 0.3) is 11.1 Å². The van der Waals surface area contributed by atoms with Crippen LogP contribution in [0.15, 0.2) is 48.5 Å². The van der Waals surface area contributed by atoms with Crippen LogP contribution < -0.4 is 21.5 Å². The van der Waals surface area contributed by atoms with Gasteiger partial charge in [-0.05, 0) is 68.5 Å². The van der Waals surface area contributed by atoms with Crippen molar-refractivity contribution in [3.05, 3.63) is 54.1 Å². The molecule has 2 aromatic carbocycles. The number of rotatable bonds is 10. The molecule has 14 heteroatoms. The number of alkyl halides is 3. The number of amides is 2. The molecule has 224 valence electrons. The molecule has 0 radical (unpaired) electrons. The number of nitrogens with two attached hydrogens (primary N) is 1. The molecule has 0 spiro atoms. The van der Waals surface area contributed by atoms with Crippen molar-refractivity contribution in [2.45, 2.75) is 42.2 Å². The molecule has 10 nitrogen and oxygen atoms in total. The number of carbonyl (C=O) groups is 4. The maximum Gasteiger partial charge on any atom is 0.426 e. The second kappa shape index (κ2) is 14.5. The van der Waals surface area contributed by atoms with Gasteiger partial charge in [-0.25, -0.2) is 15.0 Å². The highest BCUT2D eigenvalue weighted by Crippen LogP contribution is 2.38. The van der Waals surface area contributed by atoms with Crippen molar-refractivity contribution >= 4 is 76.0 Å². The Bertz CT molecular complexity index is 1250. The lowest BCUT2D eigenvalue weighted by atomic mass is 9.84.